The molecule has 2 amide bonds. The molecule has 4 aromatic rings. The van der Waals surface area contributed by atoms with Gasteiger partial charge in [0, 0.05) is 11.3 Å². The zero-order valence-corrected chi connectivity index (χ0v) is 19.7. The monoisotopic (exact) mass is 468 g/mol. The Morgan fingerprint density at radius 2 is 1.71 bits per heavy atom. The molecule has 7 heteroatoms. The van der Waals surface area contributed by atoms with Gasteiger partial charge in [0.2, 0.25) is 5.82 Å². The first-order valence-corrected chi connectivity index (χ1v) is 11.4. The van der Waals surface area contributed by atoms with Crippen molar-refractivity contribution in [1.82, 2.24) is 20.4 Å². The van der Waals surface area contributed by atoms with Gasteiger partial charge in [0.25, 0.3) is 5.89 Å². The molecular weight excluding hydrogens is 443 g/mol. The second-order valence-electron chi connectivity index (χ2n) is 8.80. The van der Waals surface area contributed by atoms with Gasteiger partial charge in [0.15, 0.2) is 0 Å². The number of allylic oxidation sites excluding steroid dienone is 1. The van der Waals surface area contributed by atoms with E-state index in [2.05, 4.69) is 15.5 Å². The van der Waals surface area contributed by atoms with Crippen LogP contribution in [0.3, 0.4) is 0 Å². The zero-order valence-electron chi connectivity index (χ0n) is 19.7. The Balaban J connectivity index is 1.61. The highest BCUT2D eigenvalue weighted by Crippen LogP contribution is 2.38. The van der Waals surface area contributed by atoms with Crippen LogP contribution in [0.15, 0.2) is 83.0 Å². The number of aromatic nitrogens is 2. The summed E-state index contributed by atoms with van der Waals surface area (Å²) in [6.07, 6.45) is 0. The van der Waals surface area contributed by atoms with Crippen molar-refractivity contribution in [3.05, 3.63) is 112 Å². The topological polar surface area (TPSA) is 71.3 Å². The van der Waals surface area contributed by atoms with Crippen LogP contribution in [0.2, 0.25) is 0 Å². The minimum Gasteiger partial charge on any atom is -0.334 e. The van der Waals surface area contributed by atoms with Crippen molar-refractivity contribution in [2.75, 3.05) is 0 Å². The van der Waals surface area contributed by atoms with Gasteiger partial charge in [-0.2, -0.15) is 4.98 Å². The predicted octanol–water partition coefficient (Wildman–Crippen LogP) is 6.19. The Bertz CT molecular complexity index is 1440. The molecule has 35 heavy (non-hydrogen) atoms. The lowest BCUT2D eigenvalue weighted by atomic mass is 9.94. The molecule has 0 aliphatic carbocycles. The number of carbonyl (C=O) groups excluding carboxylic acids is 1. The number of nitrogens with one attached hydrogen (secondary N) is 1. The molecule has 1 aromatic heterocycles. The van der Waals surface area contributed by atoms with Crippen LogP contribution in [0.25, 0.3) is 17.0 Å². The number of hydrogen-bond donors (Lipinski definition) is 1. The minimum atomic E-state index is -0.641. The van der Waals surface area contributed by atoms with E-state index in [1.165, 1.54) is 12.1 Å². The fourth-order valence-corrected chi connectivity index (χ4v) is 4.41. The van der Waals surface area contributed by atoms with E-state index in [0.717, 1.165) is 22.3 Å². The third-order valence-corrected chi connectivity index (χ3v) is 6.13. The summed E-state index contributed by atoms with van der Waals surface area (Å²) in [4.78, 5) is 19.5. The highest BCUT2D eigenvalue weighted by Gasteiger charge is 2.36. The lowest BCUT2D eigenvalue weighted by Crippen LogP contribution is -2.45. The van der Waals surface area contributed by atoms with Crippen LogP contribution in [0.4, 0.5) is 9.18 Å². The molecule has 0 radical (unpaired) electrons. The average molecular weight is 469 g/mol. The molecule has 176 valence electrons. The van der Waals surface area contributed by atoms with E-state index in [-0.39, 0.29) is 17.7 Å². The molecule has 0 fully saturated rings. The summed E-state index contributed by atoms with van der Waals surface area (Å²) in [6.45, 7) is 6.24. The van der Waals surface area contributed by atoms with Crippen LogP contribution in [0.5, 0.6) is 0 Å². The van der Waals surface area contributed by atoms with Gasteiger partial charge in [-0.3, -0.25) is 4.90 Å². The second kappa shape index (κ2) is 9.18. The molecule has 2 heterocycles. The molecule has 0 bridgehead atoms. The molecule has 6 nitrogen and oxygen atoms in total. The molecule has 1 atom stereocenters. The minimum absolute atomic E-state index is 0.277. The summed E-state index contributed by atoms with van der Waals surface area (Å²) in [5, 5.41) is 7.21. The van der Waals surface area contributed by atoms with E-state index in [4.69, 9.17) is 4.52 Å². The number of urea groups is 1. The highest BCUT2D eigenvalue weighted by atomic mass is 19.1. The maximum absolute atomic E-state index is 14.1. The SMILES string of the molecule is CC1=C(c2nc(-c3cccc(C)c3)no2)C(c2cccc(F)c2)NC(=O)N1Cc1cccc(C)c1. The van der Waals surface area contributed by atoms with Crippen molar-refractivity contribution >= 4 is 11.6 Å². The molecule has 1 aliphatic rings. The third-order valence-electron chi connectivity index (χ3n) is 6.13. The van der Waals surface area contributed by atoms with Crippen LogP contribution in [0, 0.1) is 19.7 Å². The van der Waals surface area contributed by atoms with Gasteiger partial charge in [0.05, 0.1) is 18.2 Å². The van der Waals surface area contributed by atoms with Crippen LogP contribution >= 0.6 is 0 Å². The summed E-state index contributed by atoms with van der Waals surface area (Å²) < 4.78 is 19.8. The van der Waals surface area contributed by atoms with Crippen LogP contribution in [-0.4, -0.2) is 21.1 Å². The number of halogens is 1. The number of nitrogens with zero attached hydrogens (tertiary/aromatic N) is 3. The summed E-state index contributed by atoms with van der Waals surface area (Å²) in [7, 11) is 0. The third kappa shape index (κ3) is 4.57. The zero-order chi connectivity index (χ0) is 24.5. The number of amides is 2. The highest BCUT2D eigenvalue weighted by molar-refractivity contribution is 5.86. The lowest BCUT2D eigenvalue weighted by Gasteiger charge is -2.35. The number of aryl methyl sites for hydroxylation is 2. The maximum atomic E-state index is 14.1. The Hall–Kier alpha value is -4.26. The first-order valence-electron chi connectivity index (χ1n) is 11.4. The largest absolute Gasteiger partial charge is 0.334 e. The predicted molar refractivity (Wildman–Crippen MR) is 131 cm³/mol. The van der Waals surface area contributed by atoms with Crippen molar-refractivity contribution in [2.45, 2.75) is 33.4 Å². The van der Waals surface area contributed by atoms with Gasteiger partial charge < -0.3 is 9.84 Å². The van der Waals surface area contributed by atoms with Gasteiger partial charge in [-0.1, -0.05) is 70.9 Å². The smallest absolute Gasteiger partial charge is 0.322 e. The Morgan fingerprint density at radius 3 is 2.46 bits per heavy atom. The fourth-order valence-electron chi connectivity index (χ4n) is 4.41. The molecule has 3 aromatic carbocycles. The van der Waals surface area contributed by atoms with Crippen molar-refractivity contribution < 1.29 is 13.7 Å². The average Bonchev–Trinajstić information content (AvgIpc) is 3.31. The van der Waals surface area contributed by atoms with Crippen LogP contribution in [-0.2, 0) is 6.54 Å². The van der Waals surface area contributed by atoms with Crippen molar-refractivity contribution in [2.24, 2.45) is 0 Å². The fraction of sp³-hybridized carbons (Fsp3) is 0.179. The van der Waals surface area contributed by atoms with Crippen molar-refractivity contribution in [1.29, 1.82) is 0 Å². The molecule has 1 N–H and O–H groups in total. The van der Waals surface area contributed by atoms with Crippen LogP contribution < -0.4 is 5.32 Å². The van der Waals surface area contributed by atoms with E-state index in [1.807, 2.05) is 69.3 Å². The molecule has 5 rings (SSSR count). The number of carbonyl (C=O) groups is 1. The summed E-state index contributed by atoms with van der Waals surface area (Å²) in [5.74, 6) is 0.341. The van der Waals surface area contributed by atoms with E-state index in [0.29, 0.717) is 29.2 Å². The Kier molecular flexibility index (Phi) is 5.91. The van der Waals surface area contributed by atoms with Gasteiger partial charge in [-0.25, -0.2) is 9.18 Å². The number of hydrogen-bond acceptors (Lipinski definition) is 4. The second-order valence-corrected chi connectivity index (χ2v) is 8.80. The van der Waals surface area contributed by atoms with Gasteiger partial charge in [0.1, 0.15) is 5.82 Å². The van der Waals surface area contributed by atoms with Gasteiger partial charge in [-0.05, 0) is 50.1 Å². The molecular formula is C28H25FN4O2. The molecule has 0 saturated carbocycles. The molecule has 0 saturated heterocycles. The first kappa shape index (κ1) is 22.5. The lowest BCUT2D eigenvalue weighted by molar-refractivity contribution is 0.203. The van der Waals surface area contributed by atoms with E-state index >= 15 is 0 Å². The molecule has 1 unspecified atom stereocenters. The van der Waals surface area contributed by atoms with Crippen molar-refractivity contribution in [3.63, 3.8) is 0 Å². The number of benzene rings is 3. The summed E-state index contributed by atoms with van der Waals surface area (Å²) >= 11 is 0. The first-order chi connectivity index (χ1) is 16.9. The maximum Gasteiger partial charge on any atom is 0.322 e. The summed E-state index contributed by atoms with van der Waals surface area (Å²) in [6, 6.07) is 21.1. The Labute approximate surface area is 203 Å². The van der Waals surface area contributed by atoms with E-state index in [1.54, 1.807) is 17.0 Å². The number of rotatable bonds is 5. The van der Waals surface area contributed by atoms with E-state index < -0.39 is 6.04 Å². The molecule has 1 aliphatic heterocycles. The summed E-state index contributed by atoms with van der Waals surface area (Å²) in [5.41, 5.74) is 5.91. The standard InChI is InChI=1S/C28H25FN4O2/c1-17-7-4-9-20(13-17)16-33-19(3)24(25(30-28(33)34)21-10-6-12-23(29)15-21)27-31-26(32-35-27)22-11-5-8-18(2)14-22/h4-15,25H,16H2,1-3H3,(H,30,34). The quantitative estimate of drug-likeness (QED) is 0.379. The van der Waals surface area contributed by atoms with E-state index in [9.17, 15) is 9.18 Å². The van der Waals surface area contributed by atoms with Gasteiger partial charge in [-0.15, -0.1) is 0 Å². The van der Waals surface area contributed by atoms with Crippen LogP contribution in [0.1, 0.15) is 41.1 Å². The van der Waals surface area contributed by atoms with Gasteiger partial charge >= 0.3 is 6.03 Å². The van der Waals surface area contributed by atoms with Crippen molar-refractivity contribution in [3.8, 4) is 11.4 Å². The molecule has 0 spiro atoms. The normalized spacial score (nSPS) is 15.9. The Morgan fingerprint density at radius 1 is 0.971 bits per heavy atom.